The first-order chi connectivity index (χ1) is 6.72. The second-order valence-electron chi connectivity index (χ2n) is 3.35. The van der Waals surface area contributed by atoms with E-state index in [4.69, 9.17) is 5.41 Å². The van der Waals surface area contributed by atoms with Gasteiger partial charge in [0.25, 0.3) is 15.1 Å². The summed E-state index contributed by atoms with van der Waals surface area (Å²) in [6, 6.07) is -0.241. The predicted octanol–water partition coefficient (Wildman–Crippen LogP) is -0.337. The molecule has 0 heterocycles. The van der Waals surface area contributed by atoms with Crippen molar-refractivity contribution in [2.75, 3.05) is 14.1 Å². The average molecular weight is 233 g/mol. The van der Waals surface area contributed by atoms with E-state index in [0.717, 1.165) is 4.58 Å². The van der Waals surface area contributed by atoms with Crippen LogP contribution in [0.15, 0.2) is 4.99 Å². The van der Waals surface area contributed by atoms with Gasteiger partial charge in [-0.3, -0.25) is 4.99 Å². The van der Waals surface area contributed by atoms with Crippen molar-refractivity contribution in [3.8, 4) is 0 Å². The van der Waals surface area contributed by atoms with Crippen LogP contribution in [0.25, 0.3) is 0 Å². The van der Waals surface area contributed by atoms with Gasteiger partial charge in [-0.05, 0) is 13.8 Å². The maximum Gasteiger partial charge on any atom is 0.353 e. The molecule has 0 aliphatic heterocycles. The van der Waals surface area contributed by atoms with Gasteiger partial charge < -0.3 is 0 Å². The molecule has 6 nitrogen and oxygen atoms in total. The van der Waals surface area contributed by atoms with Gasteiger partial charge >= 0.3 is 5.84 Å². The molecule has 0 aromatic rings. The molecule has 0 fully saturated rings. The Balaban J connectivity index is 5.18. The minimum Gasteiger partial charge on any atom is -0.269 e. The first-order valence-electron chi connectivity index (χ1n) is 4.34. The zero-order valence-electron chi connectivity index (χ0n) is 9.40. The zero-order chi connectivity index (χ0) is 12.2. The lowest BCUT2D eigenvalue weighted by Gasteiger charge is -2.09. The summed E-state index contributed by atoms with van der Waals surface area (Å²) in [5.41, 5.74) is 0. The minimum absolute atomic E-state index is 0.241. The Hall–Kier alpha value is -1.08. The monoisotopic (exact) mass is 233 g/mol. The van der Waals surface area contributed by atoms with Crippen molar-refractivity contribution in [2.45, 2.75) is 19.9 Å². The fraction of sp³-hybridized carbons (Fsp3) is 0.625. The highest BCUT2D eigenvalue weighted by molar-refractivity contribution is 8.06. The van der Waals surface area contributed by atoms with Crippen LogP contribution in [0.5, 0.6) is 0 Å². The molecule has 0 amide bonds. The van der Waals surface area contributed by atoms with E-state index in [9.17, 15) is 8.42 Å². The van der Waals surface area contributed by atoms with E-state index in [0.29, 0.717) is 0 Å². The SMILES string of the molecule is C=[N+](C)C(=N)C(=NC)S(=O)(=O)NC(C)C. The maximum atomic E-state index is 11.7. The van der Waals surface area contributed by atoms with E-state index >= 15 is 0 Å². The van der Waals surface area contributed by atoms with Crippen molar-refractivity contribution in [1.29, 1.82) is 5.41 Å². The van der Waals surface area contributed by atoms with Crippen molar-refractivity contribution >= 4 is 27.6 Å². The van der Waals surface area contributed by atoms with Crippen molar-refractivity contribution in [2.24, 2.45) is 4.99 Å². The van der Waals surface area contributed by atoms with Gasteiger partial charge in [-0.1, -0.05) is 5.41 Å². The molecule has 0 aromatic heterocycles. The second kappa shape index (κ2) is 5.13. The highest BCUT2D eigenvalue weighted by Crippen LogP contribution is 1.95. The summed E-state index contributed by atoms with van der Waals surface area (Å²) in [7, 11) is -0.911. The number of hydrogen-bond donors (Lipinski definition) is 2. The number of nitrogens with one attached hydrogen (secondary N) is 2. The van der Waals surface area contributed by atoms with Crippen LogP contribution in [-0.4, -0.2) is 50.7 Å². The van der Waals surface area contributed by atoms with Gasteiger partial charge in [0.05, 0.1) is 13.8 Å². The lowest BCUT2D eigenvalue weighted by molar-refractivity contribution is -0.357. The molecule has 0 aromatic carbocycles. The molecule has 0 atom stereocenters. The number of rotatable bonds is 2. The summed E-state index contributed by atoms with van der Waals surface area (Å²) in [6.07, 6.45) is 0. The van der Waals surface area contributed by atoms with Gasteiger partial charge in [-0.2, -0.15) is 0 Å². The van der Waals surface area contributed by atoms with Crippen LogP contribution >= 0.6 is 0 Å². The normalized spacial score (nSPS) is 13.0. The standard InChI is InChI=1S/C8H17N4O2S/c1-6(2)11-15(13,14)8(10-3)7(9)12(4)5/h6,9,11H,4H2,1-3,5H3/q+1. The first-order valence-corrected chi connectivity index (χ1v) is 5.83. The molecular weight excluding hydrogens is 216 g/mol. The molecule has 0 unspecified atom stereocenters. The highest BCUT2D eigenvalue weighted by atomic mass is 32.2. The van der Waals surface area contributed by atoms with Crippen LogP contribution in [0.3, 0.4) is 0 Å². The van der Waals surface area contributed by atoms with Gasteiger partial charge in [-0.25, -0.2) is 17.7 Å². The van der Waals surface area contributed by atoms with E-state index in [1.165, 1.54) is 14.1 Å². The van der Waals surface area contributed by atoms with Crippen molar-refractivity contribution in [1.82, 2.24) is 4.72 Å². The second-order valence-corrected chi connectivity index (χ2v) is 4.98. The van der Waals surface area contributed by atoms with E-state index < -0.39 is 10.0 Å². The third-order valence-corrected chi connectivity index (χ3v) is 3.10. The van der Waals surface area contributed by atoms with E-state index in [-0.39, 0.29) is 16.9 Å². The van der Waals surface area contributed by atoms with Crippen LogP contribution in [0, 0.1) is 5.41 Å². The Morgan fingerprint density at radius 2 is 2.00 bits per heavy atom. The number of sulfonamides is 1. The topological polar surface area (TPSA) is 85.4 Å². The van der Waals surface area contributed by atoms with Gasteiger partial charge in [0.2, 0.25) is 0 Å². The van der Waals surface area contributed by atoms with Crippen LogP contribution in [0.2, 0.25) is 0 Å². The van der Waals surface area contributed by atoms with E-state index in [1.807, 2.05) is 0 Å². The molecule has 86 valence electrons. The molecular formula is C8H17N4O2S+. The summed E-state index contributed by atoms with van der Waals surface area (Å²) < 4.78 is 26.9. The lowest BCUT2D eigenvalue weighted by Crippen LogP contribution is -2.41. The Bertz CT molecular complexity index is 395. The predicted molar refractivity (Wildman–Crippen MR) is 61.6 cm³/mol. The maximum absolute atomic E-state index is 11.7. The zero-order valence-corrected chi connectivity index (χ0v) is 10.2. The molecule has 0 aliphatic carbocycles. The van der Waals surface area contributed by atoms with Gasteiger partial charge in [-0.15, -0.1) is 0 Å². The van der Waals surface area contributed by atoms with Gasteiger partial charge in [0.1, 0.15) is 0 Å². The quantitative estimate of drug-likeness (QED) is 0.388. The number of amidine groups is 1. The molecule has 0 radical (unpaired) electrons. The summed E-state index contributed by atoms with van der Waals surface area (Å²) in [6.45, 7) is 6.83. The van der Waals surface area contributed by atoms with E-state index in [2.05, 4.69) is 16.4 Å². The summed E-state index contributed by atoms with van der Waals surface area (Å²) in [4.78, 5) is 3.59. The molecule has 2 N–H and O–H groups in total. The number of nitrogens with zero attached hydrogens (tertiary/aromatic N) is 2. The molecule has 7 heteroatoms. The third-order valence-electron chi connectivity index (χ3n) is 1.43. The molecule has 0 aliphatic rings. The lowest BCUT2D eigenvalue weighted by atomic mass is 10.4. The van der Waals surface area contributed by atoms with Crippen molar-refractivity contribution in [3.63, 3.8) is 0 Å². The van der Waals surface area contributed by atoms with Crippen molar-refractivity contribution < 1.29 is 13.0 Å². The van der Waals surface area contributed by atoms with Crippen LogP contribution in [0.1, 0.15) is 13.8 Å². The van der Waals surface area contributed by atoms with Crippen LogP contribution in [-0.2, 0) is 10.0 Å². The molecule has 0 rings (SSSR count). The van der Waals surface area contributed by atoms with E-state index in [1.54, 1.807) is 13.8 Å². The smallest absolute Gasteiger partial charge is 0.269 e. The van der Waals surface area contributed by atoms with Gasteiger partial charge in [0.15, 0.2) is 0 Å². The summed E-state index contributed by atoms with van der Waals surface area (Å²) in [5, 5.41) is 7.20. The number of aliphatic imine (C=N–C) groups is 1. The average Bonchev–Trinajstić information content (AvgIpc) is 2.01. The molecule has 0 spiro atoms. The Kier molecular flexibility index (Phi) is 4.76. The minimum atomic E-state index is -3.72. The Morgan fingerprint density at radius 3 is 2.27 bits per heavy atom. The van der Waals surface area contributed by atoms with Gasteiger partial charge in [0, 0.05) is 13.1 Å². The van der Waals surface area contributed by atoms with Crippen molar-refractivity contribution in [3.05, 3.63) is 0 Å². The Morgan fingerprint density at radius 1 is 1.53 bits per heavy atom. The van der Waals surface area contributed by atoms with Crippen LogP contribution < -0.4 is 4.72 Å². The molecule has 0 bridgehead atoms. The summed E-state index contributed by atoms with van der Waals surface area (Å²) >= 11 is 0. The highest BCUT2D eigenvalue weighted by Gasteiger charge is 2.29. The molecule has 0 saturated heterocycles. The summed E-state index contributed by atoms with van der Waals surface area (Å²) in [5.74, 6) is -0.245. The third kappa shape index (κ3) is 3.88. The molecule has 15 heavy (non-hydrogen) atoms. The first kappa shape index (κ1) is 13.9. The fourth-order valence-corrected chi connectivity index (χ4v) is 2.27. The largest absolute Gasteiger partial charge is 0.353 e. The van der Waals surface area contributed by atoms with Crippen LogP contribution in [0.4, 0.5) is 0 Å². The fourth-order valence-electron chi connectivity index (χ4n) is 0.883. The Labute approximate surface area is 90.3 Å². The number of hydrogen-bond acceptors (Lipinski definition) is 4. The molecule has 0 saturated carbocycles.